The number of hydrogen-bond acceptors (Lipinski definition) is 5. The number of carboxylic acids is 1. The normalized spacial score (nSPS) is 19.0. The minimum atomic E-state index is -0.773. The summed E-state index contributed by atoms with van der Waals surface area (Å²) in [5, 5.41) is 8.92. The second kappa shape index (κ2) is 5.20. The van der Waals surface area contributed by atoms with Gasteiger partial charge in [0.2, 0.25) is 5.88 Å². The van der Waals surface area contributed by atoms with E-state index >= 15 is 0 Å². The summed E-state index contributed by atoms with van der Waals surface area (Å²) in [5.41, 5.74) is 0.859. The van der Waals surface area contributed by atoms with E-state index in [9.17, 15) is 4.79 Å². The standard InChI is InChI=1S/C12H17N3O3/c1-8-11(13-7-14-12(8)18-2)15-5-3-4-9(15)6-10(16)17/h7,9H,3-6H2,1-2H3,(H,16,17). The molecular weight excluding hydrogens is 234 g/mol. The van der Waals surface area contributed by atoms with Crippen molar-refractivity contribution >= 4 is 11.8 Å². The number of nitrogens with zero attached hydrogens (tertiary/aromatic N) is 3. The van der Waals surface area contributed by atoms with Crippen LogP contribution in [0.3, 0.4) is 0 Å². The highest BCUT2D eigenvalue weighted by atomic mass is 16.5. The molecule has 0 aromatic carbocycles. The molecule has 1 fully saturated rings. The van der Waals surface area contributed by atoms with Gasteiger partial charge in [0.15, 0.2) is 0 Å². The molecule has 1 N–H and O–H groups in total. The molecule has 0 saturated carbocycles. The molecule has 98 valence electrons. The van der Waals surface area contributed by atoms with Crippen molar-refractivity contribution in [1.82, 2.24) is 9.97 Å². The van der Waals surface area contributed by atoms with Crippen LogP contribution in [-0.4, -0.2) is 40.7 Å². The molecule has 0 spiro atoms. The number of hydrogen-bond donors (Lipinski definition) is 1. The Morgan fingerprint density at radius 2 is 2.39 bits per heavy atom. The van der Waals surface area contributed by atoms with Crippen molar-refractivity contribution in [3.8, 4) is 5.88 Å². The Bertz CT molecular complexity index is 450. The fourth-order valence-electron chi connectivity index (χ4n) is 2.45. The summed E-state index contributed by atoms with van der Waals surface area (Å²) in [4.78, 5) is 21.2. The highest BCUT2D eigenvalue weighted by Crippen LogP contribution is 2.30. The molecule has 18 heavy (non-hydrogen) atoms. The number of methoxy groups -OCH3 is 1. The second-order valence-corrected chi connectivity index (χ2v) is 4.42. The zero-order chi connectivity index (χ0) is 13.1. The van der Waals surface area contributed by atoms with Crippen LogP contribution >= 0.6 is 0 Å². The lowest BCUT2D eigenvalue weighted by atomic mass is 10.1. The Balaban J connectivity index is 2.27. The second-order valence-electron chi connectivity index (χ2n) is 4.42. The van der Waals surface area contributed by atoms with Crippen LogP contribution in [0.2, 0.25) is 0 Å². The molecule has 1 aromatic heterocycles. The van der Waals surface area contributed by atoms with Crippen molar-refractivity contribution in [2.75, 3.05) is 18.6 Å². The van der Waals surface area contributed by atoms with E-state index in [1.807, 2.05) is 11.8 Å². The molecule has 1 unspecified atom stereocenters. The Kier molecular flexibility index (Phi) is 3.64. The van der Waals surface area contributed by atoms with Gasteiger partial charge in [-0.3, -0.25) is 4.79 Å². The van der Waals surface area contributed by atoms with Gasteiger partial charge in [-0.2, -0.15) is 0 Å². The van der Waals surface area contributed by atoms with Crippen LogP contribution in [0.1, 0.15) is 24.8 Å². The number of carboxylic acid groups (broad SMARTS) is 1. The molecule has 2 rings (SSSR count). The first-order valence-electron chi connectivity index (χ1n) is 5.97. The fourth-order valence-corrected chi connectivity index (χ4v) is 2.45. The number of aliphatic carboxylic acids is 1. The van der Waals surface area contributed by atoms with Gasteiger partial charge in [0.1, 0.15) is 12.1 Å². The zero-order valence-corrected chi connectivity index (χ0v) is 10.6. The largest absolute Gasteiger partial charge is 0.481 e. The van der Waals surface area contributed by atoms with Crippen molar-refractivity contribution in [2.45, 2.75) is 32.2 Å². The van der Waals surface area contributed by atoms with Gasteiger partial charge in [-0.15, -0.1) is 0 Å². The van der Waals surface area contributed by atoms with E-state index in [0.717, 1.165) is 30.8 Å². The fraction of sp³-hybridized carbons (Fsp3) is 0.583. The average molecular weight is 251 g/mol. The van der Waals surface area contributed by atoms with Gasteiger partial charge in [0.25, 0.3) is 0 Å². The summed E-state index contributed by atoms with van der Waals surface area (Å²) < 4.78 is 5.17. The van der Waals surface area contributed by atoms with E-state index in [1.54, 1.807) is 7.11 Å². The monoisotopic (exact) mass is 251 g/mol. The van der Waals surface area contributed by atoms with Crippen LogP contribution in [0, 0.1) is 6.92 Å². The average Bonchev–Trinajstić information content (AvgIpc) is 2.76. The molecule has 1 saturated heterocycles. The van der Waals surface area contributed by atoms with Crippen molar-refractivity contribution in [3.05, 3.63) is 11.9 Å². The van der Waals surface area contributed by atoms with Crippen LogP contribution in [0.25, 0.3) is 0 Å². The number of aromatic nitrogens is 2. The van der Waals surface area contributed by atoms with Gasteiger partial charge in [0, 0.05) is 12.6 Å². The molecule has 0 amide bonds. The molecule has 2 heterocycles. The van der Waals surface area contributed by atoms with Crippen LogP contribution in [0.4, 0.5) is 5.82 Å². The smallest absolute Gasteiger partial charge is 0.305 e. The maximum absolute atomic E-state index is 10.9. The van der Waals surface area contributed by atoms with E-state index < -0.39 is 5.97 Å². The third-order valence-corrected chi connectivity index (χ3v) is 3.26. The predicted molar refractivity (Wildman–Crippen MR) is 65.9 cm³/mol. The SMILES string of the molecule is COc1ncnc(N2CCCC2CC(=O)O)c1C. The van der Waals surface area contributed by atoms with Crippen LogP contribution in [0.15, 0.2) is 6.33 Å². The molecule has 6 nitrogen and oxygen atoms in total. The topological polar surface area (TPSA) is 75.6 Å². The molecule has 1 atom stereocenters. The molecular formula is C12H17N3O3. The number of anilines is 1. The maximum atomic E-state index is 10.9. The number of rotatable bonds is 4. The first kappa shape index (κ1) is 12.6. The van der Waals surface area contributed by atoms with Gasteiger partial charge >= 0.3 is 5.97 Å². The molecule has 1 aliphatic heterocycles. The van der Waals surface area contributed by atoms with Crippen LogP contribution < -0.4 is 9.64 Å². The lowest BCUT2D eigenvalue weighted by molar-refractivity contribution is -0.137. The first-order chi connectivity index (χ1) is 8.63. The van der Waals surface area contributed by atoms with Crippen LogP contribution in [-0.2, 0) is 4.79 Å². The van der Waals surface area contributed by atoms with Crippen molar-refractivity contribution in [2.24, 2.45) is 0 Å². The third-order valence-electron chi connectivity index (χ3n) is 3.26. The van der Waals surface area contributed by atoms with Gasteiger partial charge < -0.3 is 14.7 Å². The summed E-state index contributed by atoms with van der Waals surface area (Å²) in [6.07, 6.45) is 3.48. The Hall–Kier alpha value is -1.85. The van der Waals surface area contributed by atoms with Gasteiger partial charge in [-0.05, 0) is 19.8 Å². The Labute approximate surface area is 106 Å². The van der Waals surface area contributed by atoms with Gasteiger partial charge in [-0.1, -0.05) is 0 Å². The molecule has 0 aliphatic carbocycles. The first-order valence-corrected chi connectivity index (χ1v) is 5.97. The summed E-state index contributed by atoms with van der Waals surface area (Å²) >= 11 is 0. The number of ether oxygens (including phenoxy) is 1. The molecule has 1 aromatic rings. The Morgan fingerprint density at radius 1 is 1.61 bits per heavy atom. The number of carbonyl (C=O) groups is 1. The maximum Gasteiger partial charge on any atom is 0.305 e. The minimum Gasteiger partial charge on any atom is -0.481 e. The van der Waals surface area contributed by atoms with Crippen molar-refractivity contribution in [3.63, 3.8) is 0 Å². The summed E-state index contributed by atoms with van der Waals surface area (Å²) in [5.74, 6) is 0.553. The quantitative estimate of drug-likeness (QED) is 0.867. The predicted octanol–water partition coefficient (Wildman–Crippen LogP) is 1.24. The van der Waals surface area contributed by atoms with E-state index in [-0.39, 0.29) is 12.5 Å². The summed E-state index contributed by atoms with van der Waals surface area (Å²) in [6, 6.07) is 0.0146. The van der Waals surface area contributed by atoms with E-state index in [4.69, 9.17) is 9.84 Å². The van der Waals surface area contributed by atoms with Crippen molar-refractivity contribution in [1.29, 1.82) is 0 Å². The van der Waals surface area contributed by atoms with Crippen molar-refractivity contribution < 1.29 is 14.6 Å². The molecule has 0 radical (unpaired) electrons. The summed E-state index contributed by atoms with van der Waals surface area (Å²) in [6.45, 7) is 2.73. The van der Waals surface area contributed by atoms with Gasteiger partial charge in [-0.25, -0.2) is 9.97 Å². The molecule has 1 aliphatic rings. The summed E-state index contributed by atoms with van der Waals surface area (Å²) in [7, 11) is 1.57. The van der Waals surface area contributed by atoms with E-state index in [0.29, 0.717) is 5.88 Å². The lowest BCUT2D eigenvalue weighted by Crippen LogP contribution is -2.32. The highest BCUT2D eigenvalue weighted by molar-refractivity contribution is 5.69. The minimum absolute atomic E-state index is 0.0146. The third kappa shape index (κ3) is 2.37. The van der Waals surface area contributed by atoms with E-state index in [2.05, 4.69) is 9.97 Å². The van der Waals surface area contributed by atoms with E-state index in [1.165, 1.54) is 6.33 Å². The molecule has 0 bridgehead atoms. The lowest BCUT2D eigenvalue weighted by Gasteiger charge is -2.26. The van der Waals surface area contributed by atoms with Crippen LogP contribution in [0.5, 0.6) is 5.88 Å². The highest BCUT2D eigenvalue weighted by Gasteiger charge is 2.29. The molecule has 6 heteroatoms. The Morgan fingerprint density at radius 3 is 3.06 bits per heavy atom. The zero-order valence-electron chi connectivity index (χ0n) is 10.6. The van der Waals surface area contributed by atoms with Gasteiger partial charge in [0.05, 0.1) is 19.1 Å².